The van der Waals surface area contributed by atoms with Crippen molar-refractivity contribution in [3.63, 3.8) is 0 Å². The molecule has 0 aliphatic heterocycles. The first-order valence-electron chi connectivity index (χ1n) is 15.6. The fourth-order valence-corrected chi connectivity index (χ4v) is 12.2. The van der Waals surface area contributed by atoms with E-state index in [0.29, 0.717) is 41.6 Å². The van der Waals surface area contributed by atoms with Crippen molar-refractivity contribution in [3.8, 4) is 0 Å². The minimum absolute atomic E-state index is 0.00000109. The molecule has 5 rings (SSSR count). The molecule has 0 amide bonds. The average Bonchev–Trinajstić information content (AvgIpc) is 3.20. The van der Waals surface area contributed by atoms with Gasteiger partial charge in [-0.25, -0.2) is 0 Å². The first-order chi connectivity index (χ1) is 17.6. The number of carbonyl (C=O) groups is 2. The van der Waals surface area contributed by atoms with Gasteiger partial charge in [-0.1, -0.05) is 46.8 Å². The van der Waals surface area contributed by atoms with Gasteiger partial charge < -0.3 is 9.47 Å². The third kappa shape index (κ3) is 3.80. The molecule has 38 heavy (non-hydrogen) atoms. The highest BCUT2D eigenvalue weighted by molar-refractivity contribution is 5.66. The van der Waals surface area contributed by atoms with Crippen LogP contribution < -0.4 is 0 Å². The van der Waals surface area contributed by atoms with Crippen LogP contribution in [-0.2, 0) is 19.1 Å². The van der Waals surface area contributed by atoms with Crippen molar-refractivity contribution in [2.45, 2.75) is 126 Å². The molecule has 0 bridgehead atoms. The van der Waals surface area contributed by atoms with Gasteiger partial charge in [0.05, 0.1) is 6.61 Å². The number of hydrogen-bond donors (Lipinski definition) is 0. The summed E-state index contributed by atoms with van der Waals surface area (Å²) in [4.78, 5) is 23.8. The first-order valence-corrected chi connectivity index (χ1v) is 15.6. The minimum Gasteiger partial charge on any atom is -0.465 e. The maximum Gasteiger partial charge on any atom is 0.302 e. The summed E-state index contributed by atoms with van der Waals surface area (Å²) < 4.78 is 11.7. The summed E-state index contributed by atoms with van der Waals surface area (Å²) in [5, 5.41) is 0. The van der Waals surface area contributed by atoms with Crippen molar-refractivity contribution >= 4 is 11.9 Å². The highest BCUT2D eigenvalue weighted by Crippen LogP contribution is 2.77. The molecule has 5 aliphatic carbocycles. The van der Waals surface area contributed by atoms with E-state index in [9.17, 15) is 9.59 Å². The number of esters is 2. The van der Waals surface area contributed by atoms with Gasteiger partial charge in [0.15, 0.2) is 0 Å². The summed E-state index contributed by atoms with van der Waals surface area (Å²) in [7, 11) is 0. The summed E-state index contributed by atoms with van der Waals surface area (Å²) in [6, 6.07) is 0. The van der Waals surface area contributed by atoms with E-state index in [2.05, 4.69) is 48.1 Å². The van der Waals surface area contributed by atoms with Gasteiger partial charge in [0, 0.05) is 24.7 Å². The first kappa shape index (κ1) is 28.2. The summed E-state index contributed by atoms with van der Waals surface area (Å²) in [6.45, 7) is 23.1. The van der Waals surface area contributed by atoms with Crippen molar-refractivity contribution in [3.05, 3.63) is 12.2 Å². The van der Waals surface area contributed by atoms with Crippen molar-refractivity contribution in [1.82, 2.24) is 0 Å². The number of hydrogen-bond acceptors (Lipinski definition) is 4. The second-order valence-electron chi connectivity index (χ2n) is 15.8. The van der Waals surface area contributed by atoms with Crippen molar-refractivity contribution in [1.29, 1.82) is 0 Å². The van der Waals surface area contributed by atoms with Gasteiger partial charge >= 0.3 is 11.9 Å². The van der Waals surface area contributed by atoms with Crippen LogP contribution in [0.15, 0.2) is 12.2 Å². The quantitative estimate of drug-likeness (QED) is 0.274. The van der Waals surface area contributed by atoms with Gasteiger partial charge in [0.2, 0.25) is 0 Å². The highest BCUT2D eigenvalue weighted by Gasteiger charge is 2.71. The lowest BCUT2D eigenvalue weighted by molar-refractivity contribution is -0.252. The second kappa shape index (κ2) is 9.10. The normalized spacial score (nSPS) is 49.1. The monoisotopic (exact) mass is 526 g/mol. The lowest BCUT2D eigenvalue weighted by atomic mass is 9.32. The summed E-state index contributed by atoms with van der Waals surface area (Å²) >= 11 is 0. The van der Waals surface area contributed by atoms with E-state index in [4.69, 9.17) is 9.47 Å². The number of carbonyl (C=O) groups excluding carboxylic acids is 2. The van der Waals surface area contributed by atoms with Crippen molar-refractivity contribution in [2.24, 2.45) is 56.7 Å². The van der Waals surface area contributed by atoms with E-state index in [0.717, 1.165) is 12.8 Å². The van der Waals surface area contributed by atoms with Gasteiger partial charge in [-0.2, -0.15) is 0 Å². The smallest absolute Gasteiger partial charge is 0.302 e. The third-order valence-corrected chi connectivity index (χ3v) is 14.0. The van der Waals surface area contributed by atoms with Crippen molar-refractivity contribution < 1.29 is 19.1 Å². The standard InChI is InChI=1S/C34H54O4/c1-21(2)24-12-17-34(20-37-22(3)35)19-18-32(8)25(29(24)34)10-11-27-31(7)15-14-28(38-23(4)36)30(5,6)26(31)13-16-33(27,32)9/h24-29H,1,10-20H2,2-9H3/t24-,25+,26-,27+,28-,29+,31-,32+,33+,34+/m0/s1. The molecule has 214 valence electrons. The average molecular weight is 527 g/mol. The topological polar surface area (TPSA) is 52.6 Å². The Morgan fingerprint density at radius 2 is 1.47 bits per heavy atom. The molecule has 0 unspecified atom stereocenters. The van der Waals surface area contributed by atoms with Crippen LogP contribution in [0.4, 0.5) is 0 Å². The predicted octanol–water partition coefficient (Wildman–Crippen LogP) is 8.14. The van der Waals surface area contributed by atoms with Gasteiger partial charge in [-0.05, 0) is 117 Å². The van der Waals surface area contributed by atoms with Crippen molar-refractivity contribution in [2.75, 3.05) is 6.61 Å². The highest BCUT2D eigenvalue weighted by atomic mass is 16.5. The molecule has 4 heteroatoms. The molecule has 0 saturated heterocycles. The zero-order valence-corrected chi connectivity index (χ0v) is 25.6. The van der Waals surface area contributed by atoms with E-state index in [1.807, 2.05) is 0 Å². The molecule has 0 aromatic carbocycles. The fraction of sp³-hybridized carbons (Fsp3) is 0.882. The predicted molar refractivity (Wildman–Crippen MR) is 151 cm³/mol. The lowest BCUT2D eigenvalue weighted by Gasteiger charge is -2.73. The fourth-order valence-electron chi connectivity index (χ4n) is 12.2. The Morgan fingerprint density at radius 3 is 2.11 bits per heavy atom. The molecule has 5 saturated carbocycles. The van der Waals surface area contributed by atoms with Crippen LogP contribution in [0.5, 0.6) is 0 Å². The van der Waals surface area contributed by atoms with E-state index < -0.39 is 0 Å². The van der Waals surface area contributed by atoms with Crippen LogP contribution in [0.2, 0.25) is 0 Å². The Kier molecular flexibility index (Phi) is 6.76. The number of fused-ring (bicyclic) bond motifs is 7. The van der Waals surface area contributed by atoms with Crippen LogP contribution >= 0.6 is 0 Å². The molecule has 10 atom stereocenters. The largest absolute Gasteiger partial charge is 0.465 e. The molecular formula is C34H54O4. The summed E-state index contributed by atoms with van der Waals surface area (Å²) in [5.41, 5.74) is 2.30. The third-order valence-electron chi connectivity index (χ3n) is 14.0. The van der Waals surface area contributed by atoms with E-state index in [1.165, 1.54) is 56.9 Å². The molecule has 0 aromatic rings. The number of ether oxygens (including phenoxy) is 2. The van der Waals surface area contributed by atoms with Gasteiger partial charge in [0.1, 0.15) is 6.10 Å². The van der Waals surface area contributed by atoms with Crippen LogP contribution in [-0.4, -0.2) is 24.6 Å². The Labute approximate surface area is 232 Å². The Bertz CT molecular complexity index is 998. The maximum absolute atomic E-state index is 11.9. The molecule has 5 fully saturated rings. The number of rotatable bonds is 4. The Balaban J connectivity index is 1.49. The molecular weight excluding hydrogens is 472 g/mol. The Hall–Kier alpha value is -1.32. The van der Waals surface area contributed by atoms with Crippen LogP contribution in [0.3, 0.4) is 0 Å². The maximum atomic E-state index is 11.9. The molecule has 5 aliphatic rings. The van der Waals surface area contributed by atoms with Crippen LogP contribution in [0, 0.1) is 56.7 Å². The Morgan fingerprint density at radius 1 is 0.763 bits per heavy atom. The van der Waals surface area contributed by atoms with E-state index in [-0.39, 0.29) is 39.7 Å². The molecule has 0 spiro atoms. The molecule has 0 radical (unpaired) electrons. The molecule has 4 nitrogen and oxygen atoms in total. The summed E-state index contributed by atoms with van der Waals surface area (Å²) in [6.07, 6.45) is 12.0. The van der Waals surface area contributed by atoms with Gasteiger partial charge in [-0.15, -0.1) is 0 Å². The van der Waals surface area contributed by atoms with Gasteiger partial charge in [-0.3, -0.25) is 9.59 Å². The second-order valence-corrected chi connectivity index (χ2v) is 15.8. The van der Waals surface area contributed by atoms with Gasteiger partial charge in [0.25, 0.3) is 0 Å². The minimum atomic E-state index is -0.140. The molecule has 0 aromatic heterocycles. The zero-order chi connectivity index (χ0) is 27.9. The van der Waals surface area contributed by atoms with E-state index in [1.54, 1.807) is 13.8 Å². The summed E-state index contributed by atoms with van der Waals surface area (Å²) in [5.74, 6) is 2.76. The van der Waals surface area contributed by atoms with Crippen LogP contribution in [0.1, 0.15) is 120 Å². The number of allylic oxidation sites excluding steroid dienone is 1. The van der Waals surface area contributed by atoms with E-state index >= 15 is 0 Å². The molecule has 0 heterocycles. The SMILES string of the molecule is C=C(C)[C@@H]1CC[C@]2(COC(C)=O)CC[C@]3(C)[C@H](CC[C@@H]4[C@@]5(C)CC[C@H](OC(C)=O)C(C)(C)[C@@H]5CC[C@]43C)[C@@H]12. The molecule has 0 N–H and O–H groups in total. The zero-order valence-electron chi connectivity index (χ0n) is 25.6. The van der Waals surface area contributed by atoms with Crippen LogP contribution in [0.25, 0.3) is 0 Å². The lowest BCUT2D eigenvalue weighted by Crippen LogP contribution is -2.67.